The van der Waals surface area contributed by atoms with Crippen molar-refractivity contribution in [2.75, 3.05) is 0 Å². The van der Waals surface area contributed by atoms with Crippen LogP contribution in [0.5, 0.6) is 0 Å². The minimum absolute atomic E-state index is 0.338. The van der Waals surface area contributed by atoms with Crippen LogP contribution in [0.1, 0.15) is 0 Å². The Labute approximate surface area is 233 Å². The Hall–Kier alpha value is -4.85. The Morgan fingerprint density at radius 3 is 1.68 bits per heavy atom. The Bertz CT molecular complexity index is 1980. The fraction of sp³-hybridized carbons (Fsp3) is 0. The van der Waals surface area contributed by atoms with Crippen LogP contribution in [0.25, 0.3) is 43.8 Å². The molecule has 1 heterocycles. The minimum atomic E-state index is -3.22. The van der Waals surface area contributed by atoms with E-state index in [0.29, 0.717) is 5.57 Å². The van der Waals surface area contributed by atoms with Crippen LogP contribution < -0.4 is 16.2 Å². The molecule has 7 rings (SSSR count). The zero-order valence-electron chi connectivity index (χ0n) is 21.7. The second-order valence-electron chi connectivity index (χ2n) is 9.82. The quantitative estimate of drug-likeness (QED) is 0.168. The fourth-order valence-corrected chi connectivity index (χ4v) is 7.83. The summed E-state index contributed by atoms with van der Waals surface area (Å²) in [7, 11) is -3.22. The summed E-state index contributed by atoms with van der Waals surface area (Å²) in [6.45, 7) is 0. The lowest BCUT2D eigenvalue weighted by atomic mass is 9.92. The number of hydrogen-bond acceptors (Lipinski definition) is 3. The van der Waals surface area contributed by atoms with E-state index in [1.54, 1.807) is 12.4 Å². The molecular formula is C36H25N2OP. The number of nitrogens with zero attached hydrogens (tertiary/aromatic N) is 2. The fourth-order valence-electron chi connectivity index (χ4n) is 5.45. The smallest absolute Gasteiger partial charge is 0.206 e. The zero-order chi connectivity index (χ0) is 26.9. The van der Waals surface area contributed by atoms with Gasteiger partial charge >= 0.3 is 0 Å². The molecule has 0 amide bonds. The molecule has 0 spiro atoms. The topological polar surface area (TPSA) is 42.9 Å². The minimum Gasteiger partial charge on any atom is -0.305 e. The van der Waals surface area contributed by atoms with Gasteiger partial charge in [0.1, 0.15) is 0 Å². The molecular weight excluding hydrogens is 507 g/mol. The molecule has 0 N–H and O–H groups in total. The second-order valence-corrected chi connectivity index (χ2v) is 12.5. The Morgan fingerprint density at radius 1 is 0.450 bits per heavy atom. The average molecular weight is 533 g/mol. The van der Waals surface area contributed by atoms with Gasteiger partial charge in [0, 0.05) is 28.6 Å². The predicted molar refractivity (Wildman–Crippen MR) is 167 cm³/mol. The number of fused-ring (bicyclic) bond motifs is 3. The molecule has 0 aliphatic heterocycles. The van der Waals surface area contributed by atoms with E-state index >= 15 is 0 Å². The third-order valence-corrected chi connectivity index (χ3v) is 10.3. The molecule has 0 saturated carbocycles. The first kappa shape index (κ1) is 24.2. The van der Waals surface area contributed by atoms with Crippen molar-refractivity contribution in [2.24, 2.45) is 0 Å². The summed E-state index contributed by atoms with van der Waals surface area (Å²) in [6, 6.07) is 46.9. The maximum absolute atomic E-state index is 14.6. The van der Waals surface area contributed by atoms with E-state index in [-0.39, 0.29) is 0 Å². The molecule has 4 heteroatoms. The molecule has 6 aromatic carbocycles. The molecule has 0 radical (unpaired) electrons. The van der Waals surface area contributed by atoms with Gasteiger partial charge in [0.15, 0.2) is 5.57 Å². The van der Waals surface area contributed by atoms with Crippen molar-refractivity contribution in [3.05, 3.63) is 152 Å². The van der Waals surface area contributed by atoms with Crippen LogP contribution in [0.2, 0.25) is 0 Å². The maximum atomic E-state index is 14.6. The van der Waals surface area contributed by atoms with Crippen molar-refractivity contribution < 1.29 is 4.57 Å². The van der Waals surface area contributed by atoms with Gasteiger partial charge in [0.2, 0.25) is 7.14 Å². The van der Waals surface area contributed by atoms with E-state index in [0.717, 1.165) is 27.3 Å². The van der Waals surface area contributed by atoms with Gasteiger partial charge in [-0.25, -0.2) is 9.97 Å². The third-order valence-electron chi connectivity index (χ3n) is 7.43. The highest BCUT2D eigenvalue weighted by Crippen LogP contribution is 2.41. The molecule has 0 unspecified atom stereocenters. The van der Waals surface area contributed by atoms with Gasteiger partial charge in [-0.2, -0.15) is 0 Å². The summed E-state index contributed by atoms with van der Waals surface area (Å²) < 4.78 is 14.6. The highest BCUT2D eigenvalue weighted by molar-refractivity contribution is 7.84. The van der Waals surface area contributed by atoms with Crippen molar-refractivity contribution >= 4 is 44.9 Å². The number of aromatic nitrogens is 2. The van der Waals surface area contributed by atoms with Crippen molar-refractivity contribution in [1.82, 2.24) is 9.97 Å². The van der Waals surface area contributed by atoms with E-state index in [1.807, 2.05) is 60.7 Å². The Balaban J connectivity index is 1.32. The van der Waals surface area contributed by atoms with Crippen LogP contribution in [0.3, 0.4) is 0 Å². The number of hydrogen-bond donors (Lipinski definition) is 0. The summed E-state index contributed by atoms with van der Waals surface area (Å²) >= 11 is 0. The molecule has 3 nitrogen and oxygen atoms in total. The molecule has 0 bridgehead atoms. The summed E-state index contributed by atoms with van der Waals surface area (Å²) in [5, 5.41) is 6.37. The predicted octanol–water partition coefficient (Wildman–Crippen LogP) is 7.76. The first-order valence-corrected chi connectivity index (χ1v) is 15.0. The van der Waals surface area contributed by atoms with Crippen LogP contribution in [-0.4, -0.2) is 9.97 Å². The molecule has 190 valence electrons. The lowest BCUT2D eigenvalue weighted by Gasteiger charge is -2.18. The van der Waals surface area contributed by atoms with Gasteiger partial charge in [-0.1, -0.05) is 127 Å². The SMILES string of the molecule is O=P(c1ccccc1)(c1ccccc1)c1ncc(-c2cccc(-c3cc4ccccc4c4ccccc34)c2)cn1. The highest BCUT2D eigenvalue weighted by atomic mass is 31.2. The van der Waals surface area contributed by atoms with Gasteiger partial charge in [-0.15, -0.1) is 0 Å². The van der Waals surface area contributed by atoms with Crippen LogP contribution in [0, 0.1) is 0 Å². The molecule has 40 heavy (non-hydrogen) atoms. The molecule has 0 saturated heterocycles. The van der Waals surface area contributed by atoms with Gasteiger partial charge in [0.25, 0.3) is 0 Å². The van der Waals surface area contributed by atoms with Crippen molar-refractivity contribution in [1.29, 1.82) is 0 Å². The van der Waals surface area contributed by atoms with Gasteiger partial charge in [0.05, 0.1) is 0 Å². The van der Waals surface area contributed by atoms with Crippen LogP contribution in [-0.2, 0) is 4.57 Å². The van der Waals surface area contributed by atoms with Crippen molar-refractivity contribution in [3.63, 3.8) is 0 Å². The summed E-state index contributed by atoms with van der Waals surface area (Å²) in [5.41, 5.74) is 4.54. The molecule has 0 fully saturated rings. The van der Waals surface area contributed by atoms with Crippen LogP contribution in [0.15, 0.2) is 152 Å². The lowest BCUT2D eigenvalue weighted by Crippen LogP contribution is -2.28. The van der Waals surface area contributed by atoms with Crippen LogP contribution >= 0.6 is 7.14 Å². The standard InChI is InChI=1S/C36H25N2OP/c39-40(30-15-3-1-4-16-30,31-17-5-2-6-18-31)36-37-24-29(25-38-36)26-13-11-14-27(22-26)35-23-28-12-7-8-19-32(28)33-20-9-10-21-34(33)35/h1-25H. The number of rotatable bonds is 5. The van der Waals surface area contributed by atoms with Gasteiger partial charge in [-0.3, -0.25) is 0 Å². The van der Waals surface area contributed by atoms with Gasteiger partial charge in [-0.05, 0) is 50.4 Å². The van der Waals surface area contributed by atoms with Crippen LogP contribution in [0.4, 0.5) is 0 Å². The average Bonchev–Trinajstić information content (AvgIpc) is 3.05. The van der Waals surface area contributed by atoms with E-state index in [1.165, 1.54) is 27.1 Å². The van der Waals surface area contributed by atoms with E-state index in [2.05, 4.69) is 78.9 Å². The molecule has 0 aliphatic rings. The van der Waals surface area contributed by atoms with E-state index in [4.69, 9.17) is 9.97 Å². The first-order chi connectivity index (χ1) is 19.7. The first-order valence-electron chi connectivity index (χ1n) is 13.3. The zero-order valence-corrected chi connectivity index (χ0v) is 22.6. The molecule has 0 aliphatic carbocycles. The largest absolute Gasteiger partial charge is 0.305 e. The summed E-state index contributed by atoms with van der Waals surface area (Å²) in [4.78, 5) is 9.40. The van der Waals surface area contributed by atoms with Crippen molar-refractivity contribution in [2.45, 2.75) is 0 Å². The second kappa shape index (κ2) is 10.0. The maximum Gasteiger partial charge on any atom is 0.206 e. The molecule has 1 aromatic heterocycles. The van der Waals surface area contributed by atoms with E-state index < -0.39 is 7.14 Å². The van der Waals surface area contributed by atoms with Gasteiger partial charge < -0.3 is 4.57 Å². The lowest BCUT2D eigenvalue weighted by molar-refractivity contribution is 0.591. The highest BCUT2D eigenvalue weighted by Gasteiger charge is 2.32. The summed E-state index contributed by atoms with van der Waals surface area (Å²) in [5.74, 6) is 0. The normalized spacial score (nSPS) is 11.6. The third kappa shape index (κ3) is 4.12. The molecule has 0 atom stereocenters. The van der Waals surface area contributed by atoms with E-state index in [9.17, 15) is 4.57 Å². The molecule has 7 aromatic rings. The number of benzene rings is 6. The Morgan fingerprint density at radius 2 is 1.00 bits per heavy atom. The summed E-state index contributed by atoms with van der Waals surface area (Å²) in [6.07, 6.45) is 3.58. The monoisotopic (exact) mass is 532 g/mol. The van der Waals surface area contributed by atoms with Crippen molar-refractivity contribution in [3.8, 4) is 22.3 Å². The Kier molecular flexibility index (Phi) is 6.07.